The highest BCUT2D eigenvalue weighted by Gasteiger charge is 2.51. The van der Waals surface area contributed by atoms with E-state index in [1.807, 2.05) is 31.2 Å². The Hall–Kier alpha value is -8.77. The Kier molecular flexibility index (Phi) is 23.3. The van der Waals surface area contributed by atoms with E-state index in [0.717, 1.165) is 109 Å². The first kappa shape index (κ1) is 85.4. The molecule has 10 aromatic heterocycles. The Morgan fingerprint density at radius 3 is 0.967 bits per heavy atom. The number of ketones is 2. The van der Waals surface area contributed by atoms with Crippen LogP contribution in [0.1, 0.15) is 154 Å². The van der Waals surface area contributed by atoms with Gasteiger partial charge in [-0.15, -0.1) is 90.7 Å². The third kappa shape index (κ3) is 14.9. The fourth-order valence-electron chi connectivity index (χ4n) is 16.5. The van der Waals surface area contributed by atoms with Gasteiger partial charge in [-0.1, -0.05) is 193 Å². The summed E-state index contributed by atoms with van der Waals surface area (Å²) in [7, 11) is 0. The summed E-state index contributed by atoms with van der Waals surface area (Å²) in [4.78, 5) is 66.6. The SMILES string of the molecule is Cc1cc(C)cc(C2(c3cc(C)cc(C)c3)c3cc(-c4sc(/C=C5\C(=O)c6cc(Cl)c(Cl)cc6C5=C(C#N)C#N)c5nc(-c6cc(Cl)c(CC(C)C)s6)c(-c6cc(Cl)c(CC(C)C)s6)nc45)sc3-c3sc(-c4sc(/C=C5\C(=O)c6cc(Cl)c(Cl)cc6C5=C(C#N)C#N)c5nc(-c6cc(Cl)c(CC(C)C#N)s6)c(-c6cc(Cl)c(CC(C)C)s6)nc45)cc32)c1. The van der Waals surface area contributed by atoms with Crippen LogP contribution in [0.25, 0.3) is 117 Å². The van der Waals surface area contributed by atoms with Gasteiger partial charge in [-0.25, -0.2) is 19.9 Å². The molecule has 0 spiro atoms. The lowest BCUT2D eigenvalue weighted by atomic mass is 9.67. The van der Waals surface area contributed by atoms with Crippen LogP contribution in [0.15, 0.2) is 119 Å². The summed E-state index contributed by atoms with van der Waals surface area (Å²) in [6, 6.07) is 42.4. The van der Waals surface area contributed by atoms with Gasteiger partial charge >= 0.3 is 0 Å². The summed E-state index contributed by atoms with van der Waals surface area (Å²) in [5, 5.41) is 56.0. The van der Waals surface area contributed by atoms with Gasteiger partial charge in [-0.2, -0.15) is 26.3 Å². The number of hydrogen-bond donors (Lipinski definition) is 0. The van der Waals surface area contributed by atoms with Gasteiger partial charge in [-0.3, -0.25) is 9.59 Å². The number of Topliss-reactive ketones (excluding diaryl/α,β-unsaturated/α-hetero) is 2. The molecule has 0 aliphatic heterocycles. The number of nitrogens with zero attached hydrogens (tertiary/aromatic N) is 9. The summed E-state index contributed by atoms with van der Waals surface area (Å²) in [5.74, 6) is -0.496. The monoisotopic (exact) mass is 1900 g/mol. The maximum absolute atomic E-state index is 15.3. The quantitative estimate of drug-likeness (QED) is 0.0584. The summed E-state index contributed by atoms with van der Waals surface area (Å²) < 4.78 is 0. The third-order valence-electron chi connectivity index (χ3n) is 21.5. The molecule has 0 saturated heterocycles. The molecule has 0 fully saturated rings. The minimum Gasteiger partial charge on any atom is -0.289 e. The molecule has 1 atom stereocenters. The maximum Gasteiger partial charge on any atom is 0.194 e. The smallest absolute Gasteiger partial charge is 0.194 e. The van der Waals surface area contributed by atoms with Crippen molar-refractivity contribution in [3.63, 3.8) is 0 Å². The van der Waals surface area contributed by atoms with E-state index in [2.05, 4.69) is 148 Å². The Labute approximate surface area is 776 Å². The van der Waals surface area contributed by atoms with Crippen LogP contribution in [0.2, 0.25) is 40.2 Å². The predicted molar refractivity (Wildman–Crippen MR) is 512 cm³/mol. The lowest BCUT2D eigenvalue weighted by molar-refractivity contribution is 0.103. The van der Waals surface area contributed by atoms with Crippen LogP contribution >= 0.6 is 184 Å². The second-order valence-corrected chi connectivity index (χ2v) is 44.0. The molecule has 10 heterocycles. The van der Waals surface area contributed by atoms with Crippen molar-refractivity contribution in [3.05, 3.63) is 256 Å². The second-order valence-electron chi connectivity index (χ2n) is 31.9. The van der Waals surface area contributed by atoms with Crippen LogP contribution in [0.3, 0.4) is 0 Å². The number of fused-ring (bicyclic) bond motifs is 7. The van der Waals surface area contributed by atoms with Gasteiger partial charge in [0, 0.05) is 68.6 Å². The topological polar surface area (TPSA) is 205 Å². The Balaban J connectivity index is 0.981. The molecule has 604 valence electrons. The van der Waals surface area contributed by atoms with Gasteiger partial charge in [0.2, 0.25) is 0 Å². The summed E-state index contributed by atoms with van der Waals surface area (Å²) in [6.07, 6.45) is 5.94. The summed E-state index contributed by atoms with van der Waals surface area (Å²) >= 11 is 68.0. The first-order chi connectivity index (χ1) is 58.3. The molecule has 0 radical (unpaired) electrons. The fraction of sp³-hybridized carbons (Fsp3) is 0.211. The van der Waals surface area contributed by atoms with Crippen LogP contribution in [0.5, 0.6) is 0 Å². The number of aryl methyl sites for hydroxylation is 4. The number of carbonyl (C=O) groups is 2. The van der Waals surface area contributed by atoms with Gasteiger partial charge in [0.15, 0.2) is 11.6 Å². The van der Waals surface area contributed by atoms with Crippen LogP contribution in [0.4, 0.5) is 0 Å². The number of rotatable bonds is 18. The zero-order chi connectivity index (χ0) is 86.4. The van der Waals surface area contributed by atoms with E-state index in [1.165, 1.54) is 69.6 Å². The van der Waals surface area contributed by atoms with E-state index < -0.39 is 17.0 Å². The highest BCUT2D eigenvalue weighted by Crippen LogP contribution is 2.65. The van der Waals surface area contributed by atoms with Crippen LogP contribution in [0, 0.1) is 108 Å². The molecule has 14 aromatic rings. The zero-order valence-corrected chi connectivity index (χ0v) is 79.2. The van der Waals surface area contributed by atoms with E-state index in [9.17, 15) is 26.3 Å². The normalized spacial score (nSPS) is 14.2. The number of hydrogen-bond acceptors (Lipinski definition) is 19. The number of halogens is 8. The Morgan fingerprint density at radius 2 is 0.664 bits per heavy atom. The molecule has 27 heteroatoms. The Bertz CT molecular complexity index is 7180. The number of thiophene rings is 8. The van der Waals surface area contributed by atoms with Crippen molar-refractivity contribution in [2.45, 2.75) is 107 Å². The highest BCUT2D eigenvalue weighted by molar-refractivity contribution is 7.30. The molecule has 4 aromatic carbocycles. The van der Waals surface area contributed by atoms with Crippen molar-refractivity contribution in [3.8, 4) is 102 Å². The zero-order valence-electron chi connectivity index (χ0n) is 66.7. The predicted octanol–water partition coefficient (Wildman–Crippen LogP) is 31.3. The number of nitriles is 5. The molecule has 0 N–H and O–H groups in total. The molecular formula is C95H63Cl8N9O2S8. The van der Waals surface area contributed by atoms with E-state index in [1.54, 1.807) is 57.5 Å². The molecule has 0 saturated carbocycles. The first-order valence-electron chi connectivity index (χ1n) is 38.6. The minimum absolute atomic E-state index is 0.0537. The standard InChI is InChI=1S/C95H63Cl8N9O2S8/c1-39(2)12-67-63(100)30-73(115-67)81-83(75-31-64(101)68(116-75)13-40(3)4)111-87-85(109-81)71(26-55-79(47(35-105)36-106)51-22-59(96)61(98)24-53(51)89(55)113)119-93(87)77-28-57-91(121-77)92-58(95(57,49-17-42(7)15-43(8)18-49)50-19-44(9)16-45(10)20-50)29-78(122-92)94-88-86(72(120-94)27-56-80(48(37-107)38-108)52-23-60(97)62(99)25-54(52)90(56)114)110-82(74-33-66(103)70(118-74)21-46(11)34-104)84(112-88)76-32-65(102)69(117-76)14-41(5)6/h15-20,22-33,39-41,46H,12-14,21H2,1-11H3/b55-26-,56-27-. The van der Waals surface area contributed by atoms with Gasteiger partial charge in [0.1, 0.15) is 80.3 Å². The Morgan fingerprint density at radius 1 is 0.361 bits per heavy atom. The minimum atomic E-state index is -1.07. The van der Waals surface area contributed by atoms with Crippen LogP contribution in [-0.4, -0.2) is 31.5 Å². The molecule has 17 rings (SSSR count). The first-order valence-corrected chi connectivity index (χ1v) is 48.2. The lowest BCUT2D eigenvalue weighted by Gasteiger charge is -2.34. The third-order valence-corrected chi connectivity index (χ3v) is 34.4. The van der Waals surface area contributed by atoms with Crippen molar-refractivity contribution in [1.82, 2.24) is 19.9 Å². The van der Waals surface area contributed by atoms with E-state index in [4.69, 9.17) is 113 Å². The summed E-state index contributed by atoms with van der Waals surface area (Å²) in [5.41, 5.74) is 11.7. The largest absolute Gasteiger partial charge is 0.289 e. The molecule has 122 heavy (non-hydrogen) atoms. The van der Waals surface area contributed by atoms with E-state index >= 15 is 9.59 Å². The molecule has 3 aliphatic carbocycles. The molecule has 0 bridgehead atoms. The average Bonchev–Trinajstić information content (AvgIpc) is 1.51. The second kappa shape index (κ2) is 33.3. The van der Waals surface area contributed by atoms with Gasteiger partial charge in [-0.05, 0) is 184 Å². The number of allylic oxidation sites excluding steroid dienone is 6. The molecule has 0 amide bonds. The average molecular weight is 1900 g/mol. The van der Waals surface area contributed by atoms with Crippen molar-refractivity contribution in [2.24, 2.45) is 23.7 Å². The maximum atomic E-state index is 15.3. The number of benzene rings is 4. The van der Waals surface area contributed by atoms with E-state index in [-0.39, 0.29) is 93.9 Å². The van der Waals surface area contributed by atoms with E-state index in [0.29, 0.717) is 109 Å². The van der Waals surface area contributed by atoms with Crippen LogP contribution in [-0.2, 0) is 31.1 Å². The highest BCUT2D eigenvalue weighted by atomic mass is 35.5. The number of aromatic nitrogens is 4. The van der Waals surface area contributed by atoms with Gasteiger partial charge in [0.25, 0.3) is 0 Å². The molecule has 11 nitrogen and oxygen atoms in total. The molecular weight excluding hydrogens is 1840 g/mol. The van der Waals surface area contributed by atoms with Crippen molar-refractivity contribution in [1.29, 1.82) is 26.3 Å². The van der Waals surface area contributed by atoms with Crippen molar-refractivity contribution in [2.75, 3.05) is 0 Å². The lowest BCUT2D eigenvalue weighted by Crippen LogP contribution is -2.28. The van der Waals surface area contributed by atoms with Crippen molar-refractivity contribution < 1.29 is 9.59 Å². The van der Waals surface area contributed by atoms with Crippen LogP contribution < -0.4 is 0 Å². The fourth-order valence-corrected chi connectivity index (χ4v) is 28.6. The number of carbonyl (C=O) groups excluding carboxylic acids is 2. The van der Waals surface area contributed by atoms with Gasteiger partial charge < -0.3 is 0 Å². The van der Waals surface area contributed by atoms with Crippen molar-refractivity contribution >= 4 is 240 Å². The summed E-state index contributed by atoms with van der Waals surface area (Å²) in [6.45, 7) is 23.2. The van der Waals surface area contributed by atoms with Gasteiger partial charge in [0.05, 0.1) is 100 Å². The molecule has 3 aliphatic rings. The molecule has 1 unspecified atom stereocenters.